The van der Waals surface area contributed by atoms with Crippen molar-refractivity contribution in [3.8, 4) is 23.0 Å². The summed E-state index contributed by atoms with van der Waals surface area (Å²) in [6.45, 7) is 13.7. The van der Waals surface area contributed by atoms with Crippen molar-refractivity contribution in [1.82, 2.24) is 0 Å². The number of non-ortho nitro benzene ring substituents is 2. The van der Waals surface area contributed by atoms with Crippen LogP contribution in [0.1, 0.15) is 117 Å². The molecule has 4 heterocycles. The minimum atomic E-state index is -1.22. The lowest BCUT2D eigenvalue weighted by Gasteiger charge is -2.47. The largest absolute Gasteiger partial charge is 0.497 e. The predicted molar refractivity (Wildman–Crippen MR) is 325 cm³/mol. The first-order valence-electron chi connectivity index (χ1n) is 28.4. The number of ether oxygens (including phenoxy) is 6. The highest BCUT2D eigenvalue weighted by atomic mass is 16.6. The van der Waals surface area contributed by atoms with Gasteiger partial charge >= 0.3 is 17.9 Å². The van der Waals surface area contributed by atoms with Gasteiger partial charge in [0.25, 0.3) is 11.4 Å². The topological polar surface area (TPSA) is 216 Å². The molecule has 0 aliphatic carbocycles. The van der Waals surface area contributed by atoms with Crippen molar-refractivity contribution in [3.63, 3.8) is 0 Å². The number of nitro groups is 2. The Kier molecular flexibility index (Phi) is 15.1. The summed E-state index contributed by atoms with van der Waals surface area (Å²) in [5.41, 5.74) is 4.41. The van der Waals surface area contributed by atoms with E-state index in [4.69, 9.17) is 28.4 Å². The fraction of sp³-hybridized carbons (Fsp3) is 0.275. The van der Waals surface area contributed by atoms with Crippen molar-refractivity contribution >= 4 is 58.6 Å². The summed E-state index contributed by atoms with van der Waals surface area (Å²) in [6.07, 6.45) is 6.31. The summed E-state index contributed by atoms with van der Waals surface area (Å²) >= 11 is 0. The highest BCUT2D eigenvalue weighted by Gasteiger charge is 2.60. The Morgan fingerprint density at radius 2 is 0.966 bits per heavy atom. The molecule has 7 aromatic rings. The number of benzene rings is 7. The molecule has 0 saturated carbocycles. The highest BCUT2D eigenvalue weighted by Crippen LogP contribution is 2.58. The van der Waals surface area contributed by atoms with Gasteiger partial charge in [0, 0.05) is 76.4 Å². The quantitative estimate of drug-likeness (QED) is 0.0257. The van der Waals surface area contributed by atoms with Crippen LogP contribution in [0.3, 0.4) is 0 Å². The molecule has 18 heteroatoms. The highest BCUT2D eigenvalue weighted by molar-refractivity contribution is 5.94. The molecule has 0 saturated heterocycles. The normalized spacial score (nSPS) is 17.9. The van der Waals surface area contributed by atoms with Crippen LogP contribution in [0, 0.1) is 20.2 Å². The second kappa shape index (κ2) is 22.4. The summed E-state index contributed by atoms with van der Waals surface area (Å²) < 4.78 is 36.4. The molecule has 87 heavy (non-hydrogen) atoms. The summed E-state index contributed by atoms with van der Waals surface area (Å²) in [5.74, 6) is -1.29. The molecule has 0 fully saturated rings. The number of carbonyl (C=O) groups is 4. The van der Waals surface area contributed by atoms with Crippen LogP contribution >= 0.6 is 0 Å². The van der Waals surface area contributed by atoms with Gasteiger partial charge in [0.1, 0.15) is 54.8 Å². The molecule has 2 spiro atoms. The van der Waals surface area contributed by atoms with Gasteiger partial charge in [-0.2, -0.15) is 0 Å². The zero-order valence-electron chi connectivity index (χ0n) is 49.4. The number of Topliss-reactive ketones (excluding diaryl/α,β-unsaturated/α-hetero) is 1. The third-order valence-electron chi connectivity index (χ3n) is 17.4. The second-order valence-corrected chi connectivity index (χ2v) is 23.8. The number of anilines is 2. The van der Waals surface area contributed by atoms with E-state index in [1.165, 1.54) is 31.2 Å². The number of fused-ring (bicyclic) bond motifs is 4. The monoisotopic (exact) mass is 1170 g/mol. The number of hydrogen-bond acceptors (Lipinski definition) is 16. The predicted octanol–water partition coefficient (Wildman–Crippen LogP) is 13.1. The fourth-order valence-electron chi connectivity index (χ4n) is 12.5. The first kappa shape index (κ1) is 58.7. The summed E-state index contributed by atoms with van der Waals surface area (Å²) in [6, 6.07) is 44.6. The number of carbonyl (C=O) groups excluding carboxylic acids is 4. The third-order valence-corrected chi connectivity index (χ3v) is 17.4. The van der Waals surface area contributed by atoms with Crippen LogP contribution in [-0.4, -0.2) is 52.1 Å². The summed E-state index contributed by atoms with van der Waals surface area (Å²) in [7, 11) is 1.62. The minimum absolute atomic E-state index is 0.207. The number of methoxy groups -OCH3 is 1. The molecule has 444 valence electrons. The molecule has 0 radical (unpaired) electrons. The van der Waals surface area contributed by atoms with Gasteiger partial charge in [-0.15, -0.1) is 0 Å². The Bertz CT molecular complexity index is 4000. The van der Waals surface area contributed by atoms with Crippen LogP contribution in [0.15, 0.2) is 158 Å². The average molecular weight is 1170 g/mol. The average Bonchev–Trinajstić information content (AvgIpc) is 1.57. The van der Waals surface area contributed by atoms with E-state index in [9.17, 15) is 39.4 Å². The molecule has 4 aliphatic rings. The SMILES string of the molecule is COc1ccc(C(C)(C)c2ccc(OC(=O)CC(=O)OCc3cc([N+](=O)[O-])cc4c3OC3(C=C4)N(Cc4ccc(CN5c6ccccc6C(C)(C)C56C=Cc5cc([N+](=O)[O-])cc(COC(=O)CC(C)=O)c5O6)cc4)c4ccccc4C3(C)C)cc2)cc1. The Hall–Kier alpha value is -10.1. The van der Waals surface area contributed by atoms with Crippen LogP contribution in [0.2, 0.25) is 0 Å². The van der Waals surface area contributed by atoms with Gasteiger partial charge in [0.2, 0.25) is 11.4 Å². The molecule has 18 nitrogen and oxygen atoms in total. The van der Waals surface area contributed by atoms with Crippen LogP contribution in [-0.2, 0) is 71.2 Å². The maximum atomic E-state index is 13.4. The molecular formula is C69H64N4O14. The molecular weight excluding hydrogens is 1110 g/mol. The van der Waals surface area contributed by atoms with Crippen molar-refractivity contribution in [2.24, 2.45) is 0 Å². The first-order valence-corrected chi connectivity index (χ1v) is 28.4. The van der Waals surface area contributed by atoms with Crippen molar-refractivity contribution in [2.45, 2.75) is 115 Å². The van der Waals surface area contributed by atoms with E-state index in [-0.39, 0.29) is 51.8 Å². The van der Waals surface area contributed by atoms with E-state index < -0.39 is 69.5 Å². The molecule has 0 aromatic heterocycles. The number of para-hydroxylation sites is 2. The van der Waals surface area contributed by atoms with Gasteiger partial charge in [-0.05, 0) is 129 Å². The lowest BCUT2D eigenvalue weighted by molar-refractivity contribution is -0.385. The Labute approximate surface area is 502 Å². The maximum Gasteiger partial charge on any atom is 0.322 e. The van der Waals surface area contributed by atoms with E-state index in [0.717, 1.165) is 50.5 Å². The van der Waals surface area contributed by atoms with E-state index >= 15 is 0 Å². The Balaban J connectivity index is 0.830. The smallest absolute Gasteiger partial charge is 0.322 e. The number of nitrogens with zero attached hydrogens (tertiary/aromatic N) is 4. The van der Waals surface area contributed by atoms with E-state index in [1.54, 1.807) is 25.3 Å². The van der Waals surface area contributed by atoms with Crippen LogP contribution in [0.5, 0.6) is 23.0 Å². The standard InChI is InChI=1S/C69H64N4O14/c1-43(74)33-60(75)83-41-48-36-52(72(78)79)34-46-29-31-68(86-63(46)48)66(4,5)56-13-9-11-15-58(56)70(68)39-44-17-19-45(20-18-44)40-71-59-16-12-10-14-57(59)67(6,7)69(71)32-30-47-35-53(73(80)81)37-49(64(47)87-69)42-84-61(76)38-62(77)85-55-27-23-51(24-28-55)65(2,3)50-21-25-54(82-8)26-22-50/h9-32,34-37H,33,38-42H2,1-8H3. The van der Waals surface area contributed by atoms with Crippen molar-refractivity contribution < 1.29 is 57.4 Å². The van der Waals surface area contributed by atoms with Crippen molar-refractivity contribution in [3.05, 3.63) is 234 Å². The number of hydrogen-bond donors (Lipinski definition) is 0. The first-order chi connectivity index (χ1) is 41.4. The molecule has 4 aliphatic heterocycles. The second-order valence-electron chi connectivity index (χ2n) is 23.8. The molecule has 2 atom stereocenters. The minimum Gasteiger partial charge on any atom is -0.497 e. The Morgan fingerprint density at radius 3 is 1.38 bits per heavy atom. The molecule has 0 bridgehead atoms. The maximum absolute atomic E-state index is 13.4. The van der Waals surface area contributed by atoms with Gasteiger partial charge in [-0.25, -0.2) is 0 Å². The van der Waals surface area contributed by atoms with Gasteiger partial charge < -0.3 is 38.2 Å². The lowest BCUT2D eigenvalue weighted by atomic mass is 9.76. The number of esters is 3. The van der Waals surface area contributed by atoms with Gasteiger partial charge in [0.15, 0.2) is 0 Å². The zero-order chi connectivity index (χ0) is 61.8. The van der Waals surface area contributed by atoms with E-state index in [1.807, 2.05) is 91.0 Å². The zero-order valence-corrected chi connectivity index (χ0v) is 49.4. The molecule has 2 unspecified atom stereocenters. The Morgan fingerprint density at radius 1 is 0.552 bits per heavy atom. The van der Waals surface area contributed by atoms with Crippen molar-refractivity contribution in [1.29, 1.82) is 0 Å². The van der Waals surface area contributed by atoms with Gasteiger partial charge in [-0.3, -0.25) is 39.4 Å². The number of nitro benzene ring substituents is 2. The van der Waals surface area contributed by atoms with Crippen LogP contribution in [0.4, 0.5) is 22.7 Å². The molecule has 11 rings (SSSR count). The number of rotatable bonds is 18. The molecule has 0 amide bonds. The lowest BCUT2D eigenvalue weighted by Crippen LogP contribution is -2.59. The van der Waals surface area contributed by atoms with Crippen LogP contribution in [0.25, 0.3) is 12.2 Å². The molecule has 0 N–H and O–H groups in total. The molecule has 7 aromatic carbocycles. The van der Waals surface area contributed by atoms with E-state index in [2.05, 4.69) is 87.7 Å². The summed E-state index contributed by atoms with van der Waals surface area (Å²) in [4.78, 5) is 78.7. The van der Waals surface area contributed by atoms with E-state index in [0.29, 0.717) is 30.0 Å². The fourth-order valence-corrected chi connectivity index (χ4v) is 12.5. The van der Waals surface area contributed by atoms with Gasteiger partial charge in [-0.1, -0.05) is 98.8 Å². The number of ketones is 1. The summed E-state index contributed by atoms with van der Waals surface area (Å²) in [5, 5.41) is 24.5. The van der Waals surface area contributed by atoms with Crippen LogP contribution < -0.4 is 28.7 Å². The third kappa shape index (κ3) is 10.6. The van der Waals surface area contributed by atoms with Crippen molar-refractivity contribution in [2.75, 3.05) is 16.9 Å². The van der Waals surface area contributed by atoms with Gasteiger partial charge in [0.05, 0.1) is 27.8 Å².